The van der Waals surface area contributed by atoms with Gasteiger partial charge in [-0.3, -0.25) is 0 Å². The number of ether oxygens (including phenoxy) is 2. The van der Waals surface area contributed by atoms with E-state index in [2.05, 4.69) is 5.32 Å². The first kappa shape index (κ1) is 30.2. The average Bonchev–Trinajstić information content (AvgIpc) is 2.99. The molecule has 8 heteroatoms. The molecule has 0 spiro atoms. The van der Waals surface area contributed by atoms with Gasteiger partial charge in [-0.15, -0.1) is 0 Å². The van der Waals surface area contributed by atoms with Gasteiger partial charge in [0.15, 0.2) is 0 Å². The van der Waals surface area contributed by atoms with E-state index >= 15 is 0 Å². The first-order valence-corrected chi connectivity index (χ1v) is 13.6. The van der Waals surface area contributed by atoms with Crippen LogP contribution < -0.4 is 10.1 Å². The summed E-state index contributed by atoms with van der Waals surface area (Å²) in [5.74, 6) is 0.131. The number of benzene rings is 4. The molecule has 0 saturated heterocycles. The van der Waals surface area contributed by atoms with Gasteiger partial charge < -0.3 is 14.8 Å². The summed E-state index contributed by atoms with van der Waals surface area (Å²) in [7, 11) is 1.33. The van der Waals surface area contributed by atoms with Crippen molar-refractivity contribution in [3.63, 3.8) is 0 Å². The Kier molecular flexibility index (Phi) is 10.1. The number of hydrogen-bond donors (Lipinski definition) is 1. The zero-order valence-electron chi connectivity index (χ0n) is 22.6. The van der Waals surface area contributed by atoms with Crippen LogP contribution in [0.3, 0.4) is 0 Å². The summed E-state index contributed by atoms with van der Waals surface area (Å²) >= 11 is 6.39. The highest BCUT2D eigenvalue weighted by Crippen LogP contribution is 2.41. The lowest BCUT2D eigenvalue weighted by atomic mass is 9.70. The Morgan fingerprint density at radius 1 is 0.854 bits per heavy atom. The van der Waals surface area contributed by atoms with Crippen LogP contribution in [0.5, 0.6) is 5.75 Å². The molecule has 0 fully saturated rings. The Hall–Kier alpha value is -3.81. The fourth-order valence-corrected chi connectivity index (χ4v) is 5.23. The van der Waals surface area contributed by atoms with Crippen molar-refractivity contribution >= 4 is 17.6 Å². The molecule has 0 atom stereocenters. The first-order valence-electron chi connectivity index (χ1n) is 13.2. The maximum Gasteiger partial charge on any atom is 0.417 e. The molecule has 0 aliphatic carbocycles. The summed E-state index contributed by atoms with van der Waals surface area (Å²) in [5, 5.41) is 3.23. The van der Waals surface area contributed by atoms with Crippen LogP contribution in [-0.4, -0.2) is 32.8 Å². The van der Waals surface area contributed by atoms with Gasteiger partial charge >= 0.3 is 12.1 Å². The van der Waals surface area contributed by atoms with E-state index in [1.807, 2.05) is 60.7 Å². The van der Waals surface area contributed by atoms with E-state index < -0.39 is 23.1 Å². The summed E-state index contributed by atoms with van der Waals surface area (Å²) < 4.78 is 51.7. The highest BCUT2D eigenvalue weighted by molar-refractivity contribution is 6.32. The number of rotatable bonds is 12. The van der Waals surface area contributed by atoms with E-state index in [9.17, 15) is 18.0 Å². The maximum atomic E-state index is 13.7. The Morgan fingerprint density at radius 3 is 2.10 bits per heavy atom. The average molecular weight is 582 g/mol. The van der Waals surface area contributed by atoms with Crippen LogP contribution in [0.25, 0.3) is 0 Å². The minimum atomic E-state index is -4.55. The van der Waals surface area contributed by atoms with E-state index in [1.54, 1.807) is 30.3 Å². The quantitative estimate of drug-likeness (QED) is 0.137. The monoisotopic (exact) mass is 581 g/mol. The molecule has 1 N–H and O–H groups in total. The largest absolute Gasteiger partial charge is 0.494 e. The lowest BCUT2D eigenvalue weighted by Gasteiger charge is -2.36. The van der Waals surface area contributed by atoms with E-state index in [0.29, 0.717) is 43.0 Å². The number of alkyl halides is 3. The summed E-state index contributed by atoms with van der Waals surface area (Å²) in [4.78, 5) is 11.8. The minimum Gasteiger partial charge on any atom is -0.494 e. The van der Waals surface area contributed by atoms with Gasteiger partial charge in [0, 0.05) is 12.0 Å². The Balaban J connectivity index is 1.55. The van der Waals surface area contributed by atoms with Crippen molar-refractivity contribution in [3.05, 3.63) is 136 Å². The predicted octanol–water partition coefficient (Wildman–Crippen LogP) is 7.73. The molecule has 0 saturated carbocycles. The van der Waals surface area contributed by atoms with Gasteiger partial charge in [0.1, 0.15) is 5.75 Å². The van der Waals surface area contributed by atoms with Crippen LogP contribution in [0.15, 0.2) is 103 Å². The van der Waals surface area contributed by atoms with E-state index in [1.165, 1.54) is 13.2 Å². The normalized spacial score (nSPS) is 11.7. The van der Waals surface area contributed by atoms with Crippen molar-refractivity contribution in [2.24, 2.45) is 0 Å². The lowest BCUT2D eigenvalue weighted by molar-refractivity contribution is -0.137. The Morgan fingerprint density at radius 2 is 1.49 bits per heavy atom. The standard InChI is InChI=1S/C33H31ClF3NO3/c1-40-31(39)24-11-8-17-28(21-24)41-20-10-19-38-23-32(26-13-4-2-5-14-26,27-15-6-3-7-16-27)22-25-12-9-18-29(30(25)34)33(35,36)37/h2-9,11-18,21,38H,10,19-20,22-23H2,1H3. The molecular weight excluding hydrogens is 551 g/mol. The van der Waals surface area contributed by atoms with Gasteiger partial charge in [0.25, 0.3) is 0 Å². The molecule has 0 unspecified atom stereocenters. The molecule has 214 valence electrons. The highest BCUT2D eigenvalue weighted by atomic mass is 35.5. The van der Waals surface area contributed by atoms with Crippen molar-refractivity contribution in [2.75, 3.05) is 26.8 Å². The number of carbonyl (C=O) groups excluding carboxylic acids is 1. The minimum absolute atomic E-state index is 0.258. The van der Waals surface area contributed by atoms with Crippen LogP contribution in [0.4, 0.5) is 13.2 Å². The van der Waals surface area contributed by atoms with E-state index in [0.717, 1.165) is 17.2 Å². The zero-order valence-corrected chi connectivity index (χ0v) is 23.3. The molecule has 0 aliphatic rings. The molecule has 0 aliphatic heterocycles. The van der Waals surface area contributed by atoms with Gasteiger partial charge in [-0.25, -0.2) is 4.79 Å². The second-order valence-corrected chi connectivity index (χ2v) is 10.0. The van der Waals surface area contributed by atoms with Gasteiger partial charge in [-0.2, -0.15) is 13.2 Å². The second-order valence-electron chi connectivity index (χ2n) is 9.67. The number of methoxy groups -OCH3 is 1. The zero-order chi connectivity index (χ0) is 29.3. The van der Waals surface area contributed by atoms with Crippen molar-refractivity contribution < 1.29 is 27.4 Å². The van der Waals surface area contributed by atoms with Gasteiger partial charge in [0.05, 0.1) is 29.9 Å². The SMILES string of the molecule is COC(=O)c1cccc(OCCCNCC(Cc2cccc(C(F)(F)F)c2Cl)(c2ccccc2)c2ccccc2)c1. The molecule has 4 rings (SSSR count). The van der Waals surface area contributed by atoms with Gasteiger partial charge in [0.2, 0.25) is 0 Å². The first-order chi connectivity index (χ1) is 19.7. The van der Waals surface area contributed by atoms with Crippen LogP contribution in [0.2, 0.25) is 5.02 Å². The summed E-state index contributed by atoms with van der Waals surface area (Å²) in [6.45, 7) is 1.45. The highest BCUT2D eigenvalue weighted by Gasteiger charge is 2.38. The van der Waals surface area contributed by atoms with Crippen LogP contribution in [-0.2, 0) is 22.7 Å². The molecule has 0 heterocycles. The smallest absolute Gasteiger partial charge is 0.417 e. The van der Waals surface area contributed by atoms with Gasteiger partial charge in [-0.1, -0.05) is 90.5 Å². The molecule has 4 aromatic carbocycles. The molecule has 0 bridgehead atoms. The van der Waals surface area contributed by atoms with Crippen molar-refractivity contribution in [3.8, 4) is 5.75 Å². The van der Waals surface area contributed by atoms with Crippen molar-refractivity contribution in [2.45, 2.75) is 24.4 Å². The van der Waals surface area contributed by atoms with E-state index in [-0.39, 0.29) is 11.4 Å². The Bertz CT molecular complexity index is 1390. The number of esters is 1. The third kappa shape index (κ3) is 7.48. The van der Waals surface area contributed by atoms with Crippen molar-refractivity contribution in [1.82, 2.24) is 5.32 Å². The third-order valence-electron chi connectivity index (χ3n) is 6.98. The maximum absolute atomic E-state index is 13.7. The summed E-state index contributed by atoms with van der Waals surface area (Å²) in [6, 6.07) is 30.4. The van der Waals surface area contributed by atoms with Crippen LogP contribution >= 0.6 is 11.6 Å². The number of carbonyl (C=O) groups is 1. The summed E-state index contributed by atoms with van der Waals surface area (Å²) in [6.07, 6.45) is -3.64. The fraction of sp³-hybridized carbons (Fsp3) is 0.242. The molecule has 0 amide bonds. The van der Waals surface area contributed by atoms with Gasteiger partial charge in [-0.05, 0) is 60.3 Å². The molecule has 4 nitrogen and oxygen atoms in total. The topological polar surface area (TPSA) is 47.6 Å². The Labute approximate surface area is 243 Å². The molecule has 41 heavy (non-hydrogen) atoms. The van der Waals surface area contributed by atoms with Crippen LogP contribution in [0.1, 0.15) is 39.0 Å². The molecule has 0 aromatic heterocycles. The second kappa shape index (κ2) is 13.7. The molecule has 4 aromatic rings. The van der Waals surface area contributed by atoms with Crippen molar-refractivity contribution in [1.29, 1.82) is 0 Å². The fourth-order valence-electron chi connectivity index (χ4n) is 4.93. The lowest BCUT2D eigenvalue weighted by Crippen LogP contribution is -2.42. The predicted molar refractivity (Wildman–Crippen MR) is 155 cm³/mol. The molecular formula is C33H31ClF3NO3. The summed E-state index contributed by atoms with van der Waals surface area (Å²) in [5.41, 5.74) is 1.21. The molecule has 0 radical (unpaired) electrons. The third-order valence-corrected chi connectivity index (χ3v) is 7.42. The van der Waals surface area contributed by atoms with E-state index in [4.69, 9.17) is 21.1 Å². The number of hydrogen-bond acceptors (Lipinski definition) is 4. The van der Waals surface area contributed by atoms with Crippen LogP contribution in [0, 0.1) is 0 Å². The number of nitrogens with one attached hydrogen (secondary N) is 1. The number of halogens is 4.